The molecule has 1 atom stereocenters. The van der Waals surface area contributed by atoms with Crippen molar-refractivity contribution in [2.24, 2.45) is 0 Å². The number of likely N-dealkylation sites (tertiary alicyclic amines) is 1. The fourth-order valence-electron chi connectivity index (χ4n) is 2.03. The number of methoxy groups -OCH3 is 1. The van der Waals surface area contributed by atoms with Gasteiger partial charge in [-0.25, -0.2) is 0 Å². The number of amides is 1. The summed E-state index contributed by atoms with van der Waals surface area (Å²) in [6.07, 6.45) is 0.453. The summed E-state index contributed by atoms with van der Waals surface area (Å²) in [5.41, 5.74) is 0.751. The van der Waals surface area contributed by atoms with Crippen molar-refractivity contribution in [1.82, 2.24) is 4.90 Å². The molecule has 1 amide bonds. The minimum atomic E-state index is -0.293. The Labute approximate surface area is 106 Å². The quantitative estimate of drug-likeness (QED) is 0.826. The fourth-order valence-corrected chi connectivity index (χ4v) is 2.03. The van der Waals surface area contributed by atoms with Gasteiger partial charge in [-0.3, -0.25) is 9.69 Å². The number of benzene rings is 1. The largest absolute Gasteiger partial charge is 0.497 e. The predicted molar refractivity (Wildman–Crippen MR) is 68.7 cm³/mol. The monoisotopic (exact) mass is 250 g/mol. The number of anilines is 1. The normalized spacial score (nSPS) is 19.8. The first-order valence-corrected chi connectivity index (χ1v) is 6.01. The summed E-state index contributed by atoms with van der Waals surface area (Å²) < 4.78 is 5.04. The van der Waals surface area contributed by atoms with Gasteiger partial charge in [0.15, 0.2) is 0 Å². The molecule has 1 saturated heterocycles. The number of aliphatic hydroxyl groups is 1. The average Bonchev–Trinajstić information content (AvgIpc) is 2.75. The van der Waals surface area contributed by atoms with Crippen LogP contribution < -0.4 is 10.1 Å². The van der Waals surface area contributed by atoms with Crippen molar-refractivity contribution in [3.8, 4) is 5.75 Å². The highest BCUT2D eigenvalue weighted by Crippen LogP contribution is 2.15. The molecule has 2 N–H and O–H groups in total. The van der Waals surface area contributed by atoms with Gasteiger partial charge in [-0.15, -0.1) is 0 Å². The van der Waals surface area contributed by atoms with E-state index in [-0.39, 0.29) is 12.0 Å². The minimum Gasteiger partial charge on any atom is -0.497 e. The maximum Gasteiger partial charge on any atom is 0.238 e. The first-order chi connectivity index (χ1) is 8.67. The van der Waals surface area contributed by atoms with E-state index in [4.69, 9.17) is 4.74 Å². The Hall–Kier alpha value is -1.59. The van der Waals surface area contributed by atoms with Gasteiger partial charge in [0.1, 0.15) is 5.75 Å². The van der Waals surface area contributed by atoms with Crippen LogP contribution in [0.2, 0.25) is 0 Å². The Balaban J connectivity index is 1.83. The number of ether oxygens (including phenoxy) is 1. The zero-order valence-corrected chi connectivity index (χ0v) is 10.4. The summed E-state index contributed by atoms with van der Waals surface area (Å²) in [6.45, 7) is 1.68. The van der Waals surface area contributed by atoms with Gasteiger partial charge in [0.2, 0.25) is 5.91 Å². The zero-order valence-electron chi connectivity index (χ0n) is 10.4. The molecule has 1 aliphatic rings. The Kier molecular flexibility index (Phi) is 4.17. The number of β-amino-alcohol motifs (C(OH)–C–C–N with tert-alkyl or cyclic N) is 1. The van der Waals surface area contributed by atoms with Crippen molar-refractivity contribution in [2.75, 3.05) is 32.1 Å². The lowest BCUT2D eigenvalue weighted by molar-refractivity contribution is -0.117. The zero-order chi connectivity index (χ0) is 13.0. The van der Waals surface area contributed by atoms with Gasteiger partial charge in [-0.1, -0.05) is 0 Å². The van der Waals surface area contributed by atoms with Gasteiger partial charge < -0.3 is 15.2 Å². The number of hydrogen-bond acceptors (Lipinski definition) is 4. The number of aliphatic hydroxyl groups excluding tert-OH is 1. The number of carbonyl (C=O) groups excluding carboxylic acids is 1. The van der Waals surface area contributed by atoms with Crippen molar-refractivity contribution in [1.29, 1.82) is 0 Å². The third-order valence-electron chi connectivity index (χ3n) is 2.99. The molecule has 0 aromatic heterocycles. The SMILES string of the molecule is COc1ccc(NC(=O)CN2CC[C@H](O)C2)cc1. The maximum absolute atomic E-state index is 11.8. The minimum absolute atomic E-state index is 0.0609. The van der Waals surface area contributed by atoms with E-state index in [1.807, 2.05) is 4.90 Å². The van der Waals surface area contributed by atoms with Crippen LogP contribution in [-0.4, -0.2) is 48.8 Å². The van der Waals surface area contributed by atoms with Gasteiger partial charge in [0.25, 0.3) is 0 Å². The van der Waals surface area contributed by atoms with Gasteiger partial charge in [-0.05, 0) is 30.7 Å². The number of nitrogens with zero attached hydrogens (tertiary/aromatic N) is 1. The van der Waals surface area contributed by atoms with Crippen LogP contribution in [0, 0.1) is 0 Å². The molecule has 0 unspecified atom stereocenters. The van der Waals surface area contributed by atoms with Gasteiger partial charge in [0.05, 0.1) is 19.8 Å². The Morgan fingerprint density at radius 3 is 2.78 bits per heavy atom. The fraction of sp³-hybridized carbons (Fsp3) is 0.462. The van der Waals surface area contributed by atoms with Crippen LogP contribution in [0.25, 0.3) is 0 Å². The topological polar surface area (TPSA) is 61.8 Å². The van der Waals surface area contributed by atoms with Crippen molar-refractivity contribution in [3.63, 3.8) is 0 Å². The highest BCUT2D eigenvalue weighted by Gasteiger charge is 2.21. The molecule has 1 aliphatic heterocycles. The number of carbonyl (C=O) groups is 1. The first kappa shape index (κ1) is 12.9. The molecule has 18 heavy (non-hydrogen) atoms. The first-order valence-electron chi connectivity index (χ1n) is 6.01. The molecule has 0 aliphatic carbocycles. The molecule has 0 radical (unpaired) electrons. The highest BCUT2D eigenvalue weighted by atomic mass is 16.5. The summed E-state index contributed by atoms with van der Waals surface area (Å²) >= 11 is 0. The van der Waals surface area contributed by atoms with Crippen molar-refractivity contribution in [3.05, 3.63) is 24.3 Å². The Morgan fingerprint density at radius 1 is 1.50 bits per heavy atom. The van der Waals surface area contributed by atoms with Crippen molar-refractivity contribution in [2.45, 2.75) is 12.5 Å². The van der Waals surface area contributed by atoms with Crippen LogP contribution in [0.4, 0.5) is 5.69 Å². The molecule has 2 rings (SSSR count). The summed E-state index contributed by atoms with van der Waals surface area (Å²) in [5, 5.41) is 12.2. The van der Waals surface area contributed by atoms with E-state index in [2.05, 4.69) is 5.32 Å². The average molecular weight is 250 g/mol. The highest BCUT2D eigenvalue weighted by molar-refractivity contribution is 5.92. The van der Waals surface area contributed by atoms with Gasteiger partial charge in [0, 0.05) is 18.8 Å². The van der Waals surface area contributed by atoms with Gasteiger partial charge in [-0.2, -0.15) is 0 Å². The van der Waals surface area contributed by atoms with Crippen LogP contribution in [0.5, 0.6) is 5.75 Å². The van der Waals surface area contributed by atoms with Crippen LogP contribution >= 0.6 is 0 Å². The lowest BCUT2D eigenvalue weighted by atomic mass is 10.3. The number of nitrogens with one attached hydrogen (secondary N) is 1. The predicted octanol–water partition coefficient (Wildman–Crippen LogP) is 0.700. The second-order valence-corrected chi connectivity index (χ2v) is 4.45. The van der Waals surface area contributed by atoms with Crippen molar-refractivity contribution >= 4 is 11.6 Å². The third kappa shape index (κ3) is 3.45. The Bertz CT molecular complexity index is 405. The summed E-state index contributed by atoms with van der Waals surface area (Å²) in [7, 11) is 1.60. The van der Waals surface area contributed by atoms with Crippen LogP contribution in [0.15, 0.2) is 24.3 Å². The van der Waals surface area contributed by atoms with E-state index in [9.17, 15) is 9.90 Å². The standard InChI is InChI=1S/C13H18N2O3/c1-18-12-4-2-10(3-5-12)14-13(17)9-15-7-6-11(16)8-15/h2-5,11,16H,6-9H2,1H3,(H,14,17)/t11-/m0/s1. The van der Waals surface area contributed by atoms with Crippen molar-refractivity contribution < 1.29 is 14.6 Å². The molecule has 5 nitrogen and oxygen atoms in total. The molecule has 0 saturated carbocycles. The summed E-state index contributed by atoms with van der Waals surface area (Å²) in [5.74, 6) is 0.699. The molecule has 1 fully saturated rings. The molecule has 98 valence electrons. The Morgan fingerprint density at radius 2 is 2.22 bits per heavy atom. The summed E-state index contributed by atoms with van der Waals surface area (Å²) in [4.78, 5) is 13.7. The molecule has 1 aromatic rings. The van der Waals surface area contributed by atoms with Gasteiger partial charge >= 0.3 is 0 Å². The second-order valence-electron chi connectivity index (χ2n) is 4.45. The van der Waals surface area contributed by atoms with E-state index in [1.165, 1.54) is 0 Å². The molecular weight excluding hydrogens is 232 g/mol. The smallest absolute Gasteiger partial charge is 0.238 e. The lowest BCUT2D eigenvalue weighted by Gasteiger charge is -2.14. The van der Waals surface area contributed by atoms with E-state index in [1.54, 1.807) is 31.4 Å². The lowest BCUT2D eigenvalue weighted by Crippen LogP contribution is -2.32. The summed E-state index contributed by atoms with van der Waals surface area (Å²) in [6, 6.07) is 7.20. The third-order valence-corrected chi connectivity index (χ3v) is 2.99. The van der Waals surface area contributed by atoms with E-state index in [0.717, 1.165) is 24.4 Å². The molecule has 0 bridgehead atoms. The van der Waals surface area contributed by atoms with E-state index in [0.29, 0.717) is 13.1 Å². The molecule has 1 aromatic carbocycles. The second kappa shape index (κ2) is 5.84. The van der Waals surface area contributed by atoms with E-state index < -0.39 is 0 Å². The van der Waals surface area contributed by atoms with Crippen LogP contribution in [0.1, 0.15) is 6.42 Å². The number of rotatable bonds is 4. The molecular formula is C13H18N2O3. The molecule has 0 spiro atoms. The molecule has 5 heteroatoms. The van der Waals surface area contributed by atoms with Crippen LogP contribution in [0.3, 0.4) is 0 Å². The van der Waals surface area contributed by atoms with Crippen LogP contribution in [-0.2, 0) is 4.79 Å². The molecule has 1 heterocycles. The van der Waals surface area contributed by atoms with E-state index >= 15 is 0 Å². The maximum atomic E-state index is 11.8. The number of hydrogen-bond donors (Lipinski definition) is 2.